The van der Waals surface area contributed by atoms with Crippen LogP contribution in [-0.4, -0.2) is 22.5 Å². The molecule has 1 aliphatic heterocycles. The van der Waals surface area contributed by atoms with Crippen LogP contribution in [0.15, 0.2) is 29.0 Å². The minimum absolute atomic E-state index is 0.117. The largest absolute Gasteiger partial charge is 0.342 e. The summed E-state index contributed by atoms with van der Waals surface area (Å²) in [5, 5.41) is 7.37. The molecule has 0 saturated heterocycles. The Morgan fingerprint density at radius 2 is 2.25 bits per heavy atom. The molecule has 1 aliphatic rings. The molecule has 0 saturated carbocycles. The monoisotopic (exact) mass is 322 g/mol. The van der Waals surface area contributed by atoms with Crippen molar-refractivity contribution in [1.29, 1.82) is 0 Å². The molecule has 1 amide bonds. The number of amides is 1. The fourth-order valence-corrected chi connectivity index (χ4v) is 4.35. The maximum absolute atomic E-state index is 12.0. The molecule has 20 heavy (non-hydrogen) atoms. The van der Waals surface area contributed by atoms with Gasteiger partial charge < -0.3 is 4.90 Å². The number of nitrogens with one attached hydrogen (secondary N) is 1. The number of carbonyl (C=O) groups excluding carboxylic acids is 1. The first-order valence-corrected chi connectivity index (χ1v) is 8.55. The first-order chi connectivity index (χ1) is 9.66. The Kier molecular flexibility index (Phi) is 3.87. The minimum atomic E-state index is -0.117. The van der Waals surface area contributed by atoms with E-state index < -0.39 is 0 Å². The number of carbonyl (C=O) groups is 1. The predicted octanol–water partition coefficient (Wildman–Crippen LogP) is 3.44. The zero-order valence-corrected chi connectivity index (χ0v) is 13.4. The van der Waals surface area contributed by atoms with E-state index in [1.54, 1.807) is 17.4 Å². The van der Waals surface area contributed by atoms with E-state index in [-0.39, 0.29) is 11.9 Å². The highest BCUT2D eigenvalue weighted by Gasteiger charge is 2.27. The van der Waals surface area contributed by atoms with Gasteiger partial charge in [0.1, 0.15) is 0 Å². The average Bonchev–Trinajstić information content (AvgIpc) is 3.10. The van der Waals surface area contributed by atoms with E-state index in [1.165, 1.54) is 21.8 Å². The molecule has 2 aromatic heterocycles. The third-order valence-corrected chi connectivity index (χ3v) is 5.71. The molecular formula is C14H14N2OS3. The summed E-state index contributed by atoms with van der Waals surface area (Å²) in [4.78, 5) is 16.3. The van der Waals surface area contributed by atoms with E-state index in [0.29, 0.717) is 9.99 Å². The molecule has 3 heterocycles. The summed E-state index contributed by atoms with van der Waals surface area (Å²) >= 11 is 8.63. The number of nitrogens with zero attached hydrogens (tertiary/aromatic N) is 1. The van der Waals surface area contributed by atoms with Crippen LogP contribution in [0, 0.1) is 0 Å². The summed E-state index contributed by atoms with van der Waals surface area (Å²) in [5.74, 6) is -0.117. The van der Waals surface area contributed by atoms with Gasteiger partial charge in [0.05, 0.1) is 10.9 Å². The smallest absolute Gasteiger partial charge is 0.267 e. The van der Waals surface area contributed by atoms with Gasteiger partial charge in [0.15, 0.2) is 5.11 Å². The lowest BCUT2D eigenvalue weighted by Gasteiger charge is -2.35. The van der Waals surface area contributed by atoms with Crippen LogP contribution in [-0.2, 0) is 6.42 Å². The van der Waals surface area contributed by atoms with Crippen molar-refractivity contribution in [2.75, 3.05) is 6.54 Å². The summed E-state index contributed by atoms with van der Waals surface area (Å²) < 4.78 is 0. The van der Waals surface area contributed by atoms with Crippen molar-refractivity contribution in [3.63, 3.8) is 0 Å². The highest BCUT2D eigenvalue weighted by molar-refractivity contribution is 7.80. The number of rotatable bonds is 1. The Bertz CT molecular complexity index is 633. The van der Waals surface area contributed by atoms with E-state index in [9.17, 15) is 4.79 Å². The first-order valence-electron chi connectivity index (χ1n) is 6.38. The van der Waals surface area contributed by atoms with Crippen LogP contribution in [0.2, 0.25) is 0 Å². The lowest BCUT2D eigenvalue weighted by molar-refractivity contribution is 0.0975. The van der Waals surface area contributed by atoms with Crippen LogP contribution in [0.25, 0.3) is 0 Å². The zero-order chi connectivity index (χ0) is 14.1. The second-order valence-corrected chi connectivity index (χ2v) is 6.99. The van der Waals surface area contributed by atoms with Gasteiger partial charge in [0.2, 0.25) is 0 Å². The summed E-state index contributed by atoms with van der Waals surface area (Å²) in [6.07, 6.45) is 0.992. The van der Waals surface area contributed by atoms with Crippen LogP contribution in [0.3, 0.4) is 0 Å². The summed E-state index contributed by atoms with van der Waals surface area (Å²) in [7, 11) is 0. The summed E-state index contributed by atoms with van der Waals surface area (Å²) in [6.45, 7) is 2.99. The Morgan fingerprint density at radius 3 is 3.00 bits per heavy atom. The highest BCUT2D eigenvalue weighted by atomic mass is 32.1. The second-order valence-electron chi connectivity index (χ2n) is 4.66. The quantitative estimate of drug-likeness (QED) is 0.816. The van der Waals surface area contributed by atoms with Gasteiger partial charge in [-0.1, -0.05) is 6.07 Å². The van der Waals surface area contributed by atoms with Crippen molar-refractivity contribution < 1.29 is 4.79 Å². The maximum Gasteiger partial charge on any atom is 0.267 e. The van der Waals surface area contributed by atoms with Crippen molar-refractivity contribution in [3.8, 4) is 0 Å². The predicted molar refractivity (Wildman–Crippen MR) is 87.5 cm³/mol. The van der Waals surface area contributed by atoms with E-state index in [2.05, 4.69) is 28.6 Å². The molecule has 1 unspecified atom stereocenters. The topological polar surface area (TPSA) is 32.3 Å². The van der Waals surface area contributed by atoms with Crippen molar-refractivity contribution in [3.05, 3.63) is 44.3 Å². The molecule has 6 heteroatoms. The van der Waals surface area contributed by atoms with Gasteiger partial charge in [0, 0.05) is 11.4 Å². The average molecular weight is 322 g/mol. The molecule has 1 atom stereocenters. The van der Waals surface area contributed by atoms with Crippen LogP contribution in [0.5, 0.6) is 0 Å². The molecule has 3 rings (SSSR count). The molecule has 0 spiro atoms. The molecule has 0 fully saturated rings. The summed E-state index contributed by atoms with van der Waals surface area (Å²) in [5.41, 5.74) is 1.33. The lowest BCUT2D eigenvalue weighted by Crippen LogP contribution is -2.46. The zero-order valence-electron chi connectivity index (χ0n) is 11.0. The number of thiophene rings is 2. The van der Waals surface area contributed by atoms with Gasteiger partial charge in [-0.15, -0.1) is 22.7 Å². The molecule has 104 valence electrons. The van der Waals surface area contributed by atoms with Crippen LogP contribution in [0.4, 0.5) is 0 Å². The fraction of sp³-hybridized carbons (Fsp3) is 0.286. The molecular weight excluding hydrogens is 308 g/mol. The molecule has 0 bridgehead atoms. The Hall–Kier alpha value is -1.24. The lowest BCUT2D eigenvalue weighted by atomic mass is 10.0. The van der Waals surface area contributed by atoms with Crippen molar-refractivity contribution in [2.24, 2.45) is 0 Å². The number of thiocarbonyl (C=S) groups is 1. The third kappa shape index (κ3) is 2.51. The second kappa shape index (κ2) is 5.63. The third-order valence-electron chi connectivity index (χ3n) is 3.50. The Morgan fingerprint density at radius 1 is 1.40 bits per heavy atom. The van der Waals surface area contributed by atoms with E-state index in [1.807, 2.05) is 11.4 Å². The Balaban J connectivity index is 1.71. The molecule has 3 nitrogen and oxygen atoms in total. The standard InChI is InChI=1S/C14H14N2OS3/c1-9-10-5-8-20-11(10)4-6-16(9)14(18)15-13(17)12-3-2-7-19-12/h2-3,5,7-9H,4,6H2,1H3,(H,15,17,18). The molecule has 0 radical (unpaired) electrons. The van der Waals surface area contributed by atoms with Crippen molar-refractivity contribution in [1.82, 2.24) is 10.2 Å². The van der Waals surface area contributed by atoms with Crippen LogP contribution in [0.1, 0.15) is 33.1 Å². The minimum Gasteiger partial charge on any atom is -0.342 e. The van der Waals surface area contributed by atoms with Gasteiger partial charge >= 0.3 is 0 Å². The number of fused-ring (bicyclic) bond motifs is 1. The number of hydrogen-bond acceptors (Lipinski definition) is 4. The van der Waals surface area contributed by atoms with Crippen molar-refractivity contribution >= 4 is 45.9 Å². The first kappa shape index (κ1) is 13.7. The van der Waals surface area contributed by atoms with Gasteiger partial charge in [-0.2, -0.15) is 0 Å². The number of hydrogen-bond donors (Lipinski definition) is 1. The van der Waals surface area contributed by atoms with E-state index in [4.69, 9.17) is 12.2 Å². The van der Waals surface area contributed by atoms with Gasteiger partial charge in [-0.3, -0.25) is 10.1 Å². The van der Waals surface area contributed by atoms with E-state index in [0.717, 1.165) is 13.0 Å². The summed E-state index contributed by atoms with van der Waals surface area (Å²) in [6, 6.07) is 6.05. The van der Waals surface area contributed by atoms with Gasteiger partial charge in [-0.05, 0) is 54.0 Å². The molecule has 1 N–H and O–H groups in total. The van der Waals surface area contributed by atoms with Crippen LogP contribution >= 0.6 is 34.9 Å². The Labute approximate surface area is 131 Å². The maximum atomic E-state index is 12.0. The molecule has 0 aromatic carbocycles. The van der Waals surface area contributed by atoms with Gasteiger partial charge in [-0.25, -0.2) is 0 Å². The van der Waals surface area contributed by atoms with Crippen molar-refractivity contribution in [2.45, 2.75) is 19.4 Å². The fourth-order valence-electron chi connectivity index (χ4n) is 2.43. The highest BCUT2D eigenvalue weighted by Crippen LogP contribution is 2.32. The van der Waals surface area contributed by atoms with E-state index >= 15 is 0 Å². The molecule has 0 aliphatic carbocycles. The normalized spacial score (nSPS) is 17.6. The van der Waals surface area contributed by atoms with Crippen LogP contribution < -0.4 is 5.32 Å². The SMILES string of the molecule is CC1c2ccsc2CCN1C(=S)NC(=O)c1cccs1. The molecule has 2 aromatic rings. The van der Waals surface area contributed by atoms with Gasteiger partial charge in [0.25, 0.3) is 5.91 Å².